The van der Waals surface area contributed by atoms with Crippen molar-refractivity contribution in [3.63, 3.8) is 0 Å². The van der Waals surface area contributed by atoms with E-state index in [2.05, 4.69) is 59.8 Å². The van der Waals surface area contributed by atoms with Crippen LogP contribution in [0.3, 0.4) is 0 Å². The summed E-state index contributed by atoms with van der Waals surface area (Å²) in [6.07, 6.45) is 20.6. The fourth-order valence-corrected chi connectivity index (χ4v) is 4.18. The van der Waals surface area contributed by atoms with Gasteiger partial charge in [0.15, 0.2) is 0 Å². The molecule has 1 N–H and O–H groups in total. The van der Waals surface area contributed by atoms with Gasteiger partial charge in [0.05, 0.1) is 6.10 Å². The van der Waals surface area contributed by atoms with Gasteiger partial charge in [0.2, 0.25) is 0 Å². The Bertz CT molecular complexity index is 510. The molecule has 0 aromatic heterocycles. The monoisotopic (exact) mass is 388 g/mol. The number of aliphatic hydroxyl groups excluding tert-OH is 1. The third-order valence-electron chi connectivity index (χ3n) is 6.73. The second-order valence-corrected chi connectivity index (χ2v) is 9.67. The topological polar surface area (TPSA) is 20.2 Å². The van der Waals surface area contributed by atoms with Crippen LogP contribution in [0.15, 0.2) is 34.9 Å². The average Bonchev–Trinajstić information content (AvgIpc) is 2.64. The van der Waals surface area contributed by atoms with Crippen LogP contribution in [0, 0.1) is 17.8 Å². The highest BCUT2D eigenvalue weighted by Crippen LogP contribution is 2.32. The van der Waals surface area contributed by atoms with Crippen LogP contribution in [0.5, 0.6) is 0 Å². The van der Waals surface area contributed by atoms with E-state index < -0.39 is 0 Å². The molecule has 1 heteroatoms. The summed E-state index contributed by atoms with van der Waals surface area (Å²) in [5.74, 6) is 1.78. The van der Waals surface area contributed by atoms with Crippen molar-refractivity contribution in [1.29, 1.82) is 0 Å². The first kappa shape index (κ1) is 25.2. The van der Waals surface area contributed by atoms with E-state index in [1.54, 1.807) is 11.1 Å². The third-order valence-corrected chi connectivity index (χ3v) is 6.73. The lowest BCUT2D eigenvalue weighted by Crippen LogP contribution is -2.27. The zero-order valence-electron chi connectivity index (χ0n) is 19.8. The minimum atomic E-state index is -0.232. The van der Waals surface area contributed by atoms with Gasteiger partial charge >= 0.3 is 0 Å². The molecule has 0 saturated carbocycles. The lowest BCUT2D eigenvalue weighted by molar-refractivity contribution is 0.116. The van der Waals surface area contributed by atoms with Gasteiger partial charge in [0.1, 0.15) is 0 Å². The minimum Gasteiger partial charge on any atom is -0.389 e. The molecule has 1 aliphatic rings. The molecule has 162 valence electrons. The molecule has 4 atom stereocenters. The van der Waals surface area contributed by atoms with Crippen LogP contribution >= 0.6 is 0 Å². The molecule has 0 bridgehead atoms. The van der Waals surface area contributed by atoms with Crippen molar-refractivity contribution < 1.29 is 5.11 Å². The lowest BCUT2D eigenvalue weighted by atomic mass is 9.78. The van der Waals surface area contributed by atoms with E-state index in [0.717, 1.165) is 5.92 Å². The van der Waals surface area contributed by atoms with Crippen molar-refractivity contribution in [3.8, 4) is 0 Å². The van der Waals surface area contributed by atoms with Gasteiger partial charge in [-0.05, 0) is 89.4 Å². The van der Waals surface area contributed by atoms with Crippen LogP contribution in [0.4, 0.5) is 0 Å². The Kier molecular flexibility index (Phi) is 12.8. The van der Waals surface area contributed by atoms with Gasteiger partial charge in [-0.15, -0.1) is 0 Å². The van der Waals surface area contributed by atoms with Crippen molar-refractivity contribution in [3.05, 3.63) is 34.9 Å². The molecule has 4 unspecified atom stereocenters. The Morgan fingerprint density at radius 1 is 1.07 bits per heavy atom. The van der Waals surface area contributed by atoms with Gasteiger partial charge in [-0.1, -0.05) is 75.5 Å². The smallest absolute Gasteiger partial charge is 0.0751 e. The molecule has 0 aliphatic heterocycles. The summed E-state index contributed by atoms with van der Waals surface area (Å²) < 4.78 is 0. The van der Waals surface area contributed by atoms with Gasteiger partial charge in [0, 0.05) is 0 Å². The Hall–Kier alpha value is -0.820. The Labute approximate surface area is 176 Å². The first-order valence-corrected chi connectivity index (χ1v) is 12.0. The van der Waals surface area contributed by atoms with Crippen LogP contribution in [-0.4, -0.2) is 11.2 Å². The van der Waals surface area contributed by atoms with Crippen LogP contribution in [0.25, 0.3) is 0 Å². The molecule has 28 heavy (non-hydrogen) atoms. The van der Waals surface area contributed by atoms with Gasteiger partial charge in [-0.2, -0.15) is 0 Å². The molecule has 1 rings (SSSR count). The normalized spacial score (nSPS) is 25.0. The number of hydrogen-bond donors (Lipinski definition) is 1. The zero-order valence-corrected chi connectivity index (χ0v) is 19.8. The van der Waals surface area contributed by atoms with Crippen LogP contribution in [0.1, 0.15) is 112 Å². The molecule has 0 saturated heterocycles. The summed E-state index contributed by atoms with van der Waals surface area (Å²) in [6, 6.07) is 0. The predicted molar refractivity (Wildman–Crippen MR) is 126 cm³/mol. The number of hydrogen-bond acceptors (Lipinski definition) is 1. The van der Waals surface area contributed by atoms with Gasteiger partial charge < -0.3 is 5.11 Å². The summed E-state index contributed by atoms with van der Waals surface area (Å²) >= 11 is 0. The fraction of sp³-hybridized carbons (Fsp3) is 0.778. The van der Waals surface area contributed by atoms with E-state index in [-0.39, 0.29) is 6.10 Å². The number of aliphatic hydroxyl groups is 1. The highest BCUT2D eigenvalue weighted by molar-refractivity contribution is 5.12. The quantitative estimate of drug-likeness (QED) is 0.248. The van der Waals surface area contributed by atoms with E-state index in [1.807, 2.05) is 0 Å². The second kappa shape index (κ2) is 14.2. The van der Waals surface area contributed by atoms with Crippen molar-refractivity contribution in [2.24, 2.45) is 17.8 Å². The van der Waals surface area contributed by atoms with Crippen molar-refractivity contribution in [1.82, 2.24) is 0 Å². The maximum atomic E-state index is 10.2. The fourth-order valence-electron chi connectivity index (χ4n) is 4.18. The first-order chi connectivity index (χ1) is 13.3. The van der Waals surface area contributed by atoms with Gasteiger partial charge in [-0.3, -0.25) is 0 Å². The molecule has 0 radical (unpaired) electrons. The summed E-state index contributed by atoms with van der Waals surface area (Å²) in [7, 11) is 0. The molecular formula is C27H48O. The first-order valence-electron chi connectivity index (χ1n) is 12.0. The van der Waals surface area contributed by atoms with Crippen molar-refractivity contribution >= 4 is 0 Å². The van der Waals surface area contributed by atoms with E-state index in [1.165, 1.54) is 76.2 Å². The average molecular weight is 389 g/mol. The minimum absolute atomic E-state index is 0.232. The molecule has 1 nitrogen and oxygen atoms in total. The lowest BCUT2D eigenvalue weighted by Gasteiger charge is -2.30. The Morgan fingerprint density at radius 2 is 1.71 bits per heavy atom. The molecule has 0 spiro atoms. The molecule has 1 aliphatic carbocycles. The molecule has 0 heterocycles. The number of allylic oxidation sites excluding steroid dienone is 5. The van der Waals surface area contributed by atoms with E-state index >= 15 is 0 Å². The zero-order chi connectivity index (χ0) is 20.9. The highest BCUT2D eigenvalue weighted by Gasteiger charge is 2.25. The number of rotatable bonds is 13. The van der Waals surface area contributed by atoms with Crippen LogP contribution in [-0.2, 0) is 0 Å². The maximum absolute atomic E-state index is 10.2. The largest absolute Gasteiger partial charge is 0.389 e. The number of unbranched alkanes of at least 4 members (excludes halogenated alkanes) is 2. The summed E-state index contributed by atoms with van der Waals surface area (Å²) in [6.45, 7) is 13.7. The molecule has 0 aromatic carbocycles. The Morgan fingerprint density at radius 3 is 2.32 bits per heavy atom. The summed E-state index contributed by atoms with van der Waals surface area (Å²) in [4.78, 5) is 0. The summed E-state index contributed by atoms with van der Waals surface area (Å²) in [5.41, 5.74) is 4.62. The van der Waals surface area contributed by atoms with E-state index in [9.17, 15) is 5.11 Å². The van der Waals surface area contributed by atoms with Crippen LogP contribution in [0.2, 0.25) is 0 Å². The van der Waals surface area contributed by atoms with E-state index in [4.69, 9.17) is 0 Å². The highest BCUT2D eigenvalue weighted by atomic mass is 16.3. The van der Waals surface area contributed by atoms with E-state index in [0.29, 0.717) is 11.8 Å². The maximum Gasteiger partial charge on any atom is 0.0751 e. The third kappa shape index (κ3) is 10.6. The molecule has 0 aromatic rings. The Balaban J connectivity index is 2.19. The van der Waals surface area contributed by atoms with Gasteiger partial charge in [0.25, 0.3) is 0 Å². The standard InChI is InChI=1S/C27H48O/c1-7-8-9-12-21(2)13-10-14-22(3)15-11-16-23(4)17-18-26-19-24(5)25(6)27(28)20-26/h12,15,20,23-25,27-28H,7-11,13-14,16-19H2,1-6H3/b21-12+,22-15+. The molecular weight excluding hydrogens is 340 g/mol. The van der Waals surface area contributed by atoms with Crippen LogP contribution < -0.4 is 0 Å². The molecule has 0 amide bonds. The van der Waals surface area contributed by atoms with Gasteiger partial charge in [-0.25, -0.2) is 0 Å². The predicted octanol–water partition coefficient (Wildman–Crippen LogP) is 8.40. The second-order valence-electron chi connectivity index (χ2n) is 9.67. The summed E-state index contributed by atoms with van der Waals surface area (Å²) in [5, 5.41) is 10.2. The van der Waals surface area contributed by atoms with Crippen molar-refractivity contribution in [2.45, 2.75) is 118 Å². The van der Waals surface area contributed by atoms with Crippen molar-refractivity contribution in [2.75, 3.05) is 0 Å². The SMILES string of the molecule is CCCC/C=C(\C)CCC/C(C)=C/CCC(C)CCC1=CC(O)C(C)C(C)C1. The molecule has 0 fully saturated rings.